The number of carbonyl (C=O) groups is 1. The maximum absolute atomic E-state index is 12.2. The summed E-state index contributed by atoms with van der Waals surface area (Å²) in [5.41, 5.74) is 7.63. The molecule has 0 aliphatic rings. The highest BCUT2D eigenvalue weighted by molar-refractivity contribution is 6.31. The highest BCUT2D eigenvalue weighted by atomic mass is 35.5. The van der Waals surface area contributed by atoms with Crippen molar-refractivity contribution in [3.63, 3.8) is 0 Å². The van der Waals surface area contributed by atoms with Crippen LogP contribution in [0.25, 0.3) is 0 Å². The number of amides is 1. The van der Waals surface area contributed by atoms with Gasteiger partial charge in [0.2, 0.25) is 0 Å². The predicted molar refractivity (Wildman–Crippen MR) is 75.0 cm³/mol. The minimum absolute atomic E-state index is 0.109. The maximum atomic E-state index is 12.2. The number of rotatable bonds is 2. The Hall–Kier alpha value is -2.00. The molecule has 0 unspecified atom stereocenters. The monoisotopic (exact) mass is 260 g/mol. The lowest BCUT2D eigenvalue weighted by atomic mass is 10.2. The second-order valence-electron chi connectivity index (χ2n) is 3.97. The molecule has 2 rings (SSSR count). The molecule has 0 atom stereocenters. The zero-order valence-electron chi connectivity index (χ0n) is 9.93. The van der Waals surface area contributed by atoms with Crippen LogP contribution in [-0.2, 0) is 0 Å². The van der Waals surface area contributed by atoms with Crippen LogP contribution in [0.3, 0.4) is 0 Å². The number of benzene rings is 2. The first kappa shape index (κ1) is 12.5. The van der Waals surface area contributed by atoms with E-state index in [0.717, 1.165) is 5.69 Å². The Kier molecular flexibility index (Phi) is 3.53. The van der Waals surface area contributed by atoms with Crippen molar-refractivity contribution < 1.29 is 4.79 Å². The maximum Gasteiger partial charge on any atom is 0.258 e. The highest BCUT2D eigenvalue weighted by Gasteiger charge is 2.13. The minimum atomic E-state index is -0.109. The molecule has 3 nitrogen and oxygen atoms in total. The molecular formula is C14H13ClN2O. The lowest BCUT2D eigenvalue weighted by Gasteiger charge is -2.17. The van der Waals surface area contributed by atoms with Crippen molar-refractivity contribution in [3.05, 3.63) is 59.1 Å². The topological polar surface area (TPSA) is 46.3 Å². The first-order chi connectivity index (χ1) is 8.58. The Morgan fingerprint density at radius 3 is 2.44 bits per heavy atom. The van der Waals surface area contributed by atoms with Crippen LogP contribution < -0.4 is 10.6 Å². The fourth-order valence-electron chi connectivity index (χ4n) is 1.63. The van der Waals surface area contributed by atoms with Crippen LogP contribution in [0.2, 0.25) is 5.02 Å². The van der Waals surface area contributed by atoms with E-state index in [1.165, 1.54) is 0 Å². The fourth-order valence-corrected chi connectivity index (χ4v) is 1.82. The van der Waals surface area contributed by atoms with Gasteiger partial charge in [-0.25, -0.2) is 0 Å². The molecule has 0 saturated carbocycles. The van der Waals surface area contributed by atoms with Crippen molar-refractivity contribution in [2.75, 3.05) is 17.7 Å². The van der Waals surface area contributed by atoms with E-state index in [-0.39, 0.29) is 5.91 Å². The van der Waals surface area contributed by atoms with E-state index in [0.29, 0.717) is 16.3 Å². The van der Waals surface area contributed by atoms with E-state index in [2.05, 4.69) is 0 Å². The zero-order valence-corrected chi connectivity index (χ0v) is 10.7. The van der Waals surface area contributed by atoms with Gasteiger partial charge in [0.1, 0.15) is 0 Å². The smallest absolute Gasteiger partial charge is 0.258 e. The molecule has 0 fully saturated rings. The summed E-state index contributed by atoms with van der Waals surface area (Å²) in [5.74, 6) is -0.109. The van der Waals surface area contributed by atoms with Crippen LogP contribution in [0.15, 0.2) is 48.5 Å². The van der Waals surface area contributed by atoms with Crippen LogP contribution >= 0.6 is 11.6 Å². The summed E-state index contributed by atoms with van der Waals surface area (Å²) in [5, 5.41) is 0.548. The minimum Gasteiger partial charge on any atom is -0.399 e. The van der Waals surface area contributed by atoms with Crippen LogP contribution in [-0.4, -0.2) is 13.0 Å². The van der Waals surface area contributed by atoms with E-state index in [1.54, 1.807) is 60.5 Å². The third kappa shape index (κ3) is 2.63. The summed E-state index contributed by atoms with van der Waals surface area (Å²) in [4.78, 5) is 13.8. The van der Waals surface area contributed by atoms with Gasteiger partial charge in [0.15, 0.2) is 0 Å². The molecule has 0 aliphatic heterocycles. The Morgan fingerprint density at radius 2 is 1.83 bits per heavy atom. The van der Waals surface area contributed by atoms with Crippen molar-refractivity contribution >= 4 is 28.9 Å². The van der Waals surface area contributed by atoms with E-state index in [1.807, 2.05) is 0 Å². The van der Waals surface area contributed by atoms with Gasteiger partial charge in [0.25, 0.3) is 5.91 Å². The molecule has 1 amide bonds. The van der Waals surface area contributed by atoms with Gasteiger partial charge >= 0.3 is 0 Å². The molecule has 0 saturated heterocycles. The Balaban J connectivity index is 2.26. The Bertz CT molecular complexity index is 566. The molecule has 2 aromatic carbocycles. The van der Waals surface area contributed by atoms with Gasteiger partial charge in [-0.15, -0.1) is 0 Å². The first-order valence-electron chi connectivity index (χ1n) is 5.47. The highest BCUT2D eigenvalue weighted by Crippen LogP contribution is 2.18. The van der Waals surface area contributed by atoms with Gasteiger partial charge in [-0.2, -0.15) is 0 Å². The summed E-state index contributed by atoms with van der Waals surface area (Å²) in [7, 11) is 1.72. The number of hydrogen-bond donors (Lipinski definition) is 1. The molecule has 0 spiro atoms. The Labute approximate surface area is 111 Å². The average Bonchev–Trinajstić information content (AvgIpc) is 2.38. The molecule has 2 aromatic rings. The van der Waals surface area contributed by atoms with Crippen molar-refractivity contribution in [3.8, 4) is 0 Å². The van der Waals surface area contributed by atoms with Crippen LogP contribution in [0, 0.1) is 0 Å². The molecule has 0 radical (unpaired) electrons. The fraction of sp³-hybridized carbons (Fsp3) is 0.0714. The number of hydrogen-bond acceptors (Lipinski definition) is 2. The second kappa shape index (κ2) is 5.10. The predicted octanol–water partition coefficient (Wildman–Crippen LogP) is 3.20. The molecule has 2 N–H and O–H groups in total. The quantitative estimate of drug-likeness (QED) is 0.843. The van der Waals surface area contributed by atoms with Crippen molar-refractivity contribution in [1.82, 2.24) is 0 Å². The standard InChI is InChI=1S/C14H13ClN2O/c1-17(13-7-5-12(16)6-8-13)14(18)10-3-2-4-11(15)9-10/h2-9H,16H2,1H3. The normalized spacial score (nSPS) is 10.1. The van der Waals surface area contributed by atoms with Gasteiger partial charge in [-0.05, 0) is 42.5 Å². The number of carbonyl (C=O) groups excluding carboxylic acids is 1. The van der Waals surface area contributed by atoms with Gasteiger partial charge in [-0.1, -0.05) is 17.7 Å². The lowest BCUT2D eigenvalue weighted by Crippen LogP contribution is -2.26. The van der Waals surface area contributed by atoms with Gasteiger partial charge < -0.3 is 10.6 Å². The molecule has 0 aromatic heterocycles. The number of nitrogens with two attached hydrogens (primary N) is 1. The zero-order chi connectivity index (χ0) is 13.1. The van der Waals surface area contributed by atoms with Crippen molar-refractivity contribution in [2.45, 2.75) is 0 Å². The van der Waals surface area contributed by atoms with Gasteiger partial charge in [0, 0.05) is 29.0 Å². The third-order valence-electron chi connectivity index (χ3n) is 2.66. The van der Waals surface area contributed by atoms with Crippen LogP contribution in [0.5, 0.6) is 0 Å². The largest absolute Gasteiger partial charge is 0.399 e. The van der Waals surface area contributed by atoms with Crippen LogP contribution in [0.4, 0.5) is 11.4 Å². The molecule has 92 valence electrons. The summed E-state index contributed by atoms with van der Waals surface area (Å²) >= 11 is 5.87. The molecule has 0 aliphatic carbocycles. The van der Waals surface area contributed by atoms with Crippen molar-refractivity contribution in [2.24, 2.45) is 0 Å². The number of nitrogen functional groups attached to an aromatic ring is 1. The average molecular weight is 261 g/mol. The summed E-state index contributed by atoms with van der Waals surface area (Å²) < 4.78 is 0. The second-order valence-corrected chi connectivity index (χ2v) is 4.40. The molecular weight excluding hydrogens is 248 g/mol. The third-order valence-corrected chi connectivity index (χ3v) is 2.89. The van der Waals surface area contributed by atoms with E-state index in [4.69, 9.17) is 17.3 Å². The number of halogens is 1. The summed E-state index contributed by atoms with van der Waals surface area (Å²) in [6, 6.07) is 14.0. The molecule has 18 heavy (non-hydrogen) atoms. The Morgan fingerprint density at radius 1 is 1.17 bits per heavy atom. The van der Waals surface area contributed by atoms with Gasteiger partial charge in [0.05, 0.1) is 0 Å². The van der Waals surface area contributed by atoms with E-state index in [9.17, 15) is 4.79 Å². The van der Waals surface area contributed by atoms with E-state index >= 15 is 0 Å². The SMILES string of the molecule is CN(C(=O)c1cccc(Cl)c1)c1ccc(N)cc1. The van der Waals surface area contributed by atoms with Gasteiger partial charge in [-0.3, -0.25) is 4.79 Å². The lowest BCUT2D eigenvalue weighted by molar-refractivity contribution is 0.0993. The first-order valence-corrected chi connectivity index (χ1v) is 5.85. The van der Waals surface area contributed by atoms with Crippen molar-refractivity contribution in [1.29, 1.82) is 0 Å². The summed E-state index contributed by atoms with van der Waals surface area (Å²) in [6.07, 6.45) is 0. The van der Waals surface area contributed by atoms with Crippen LogP contribution in [0.1, 0.15) is 10.4 Å². The summed E-state index contributed by atoms with van der Waals surface area (Å²) in [6.45, 7) is 0. The molecule has 4 heteroatoms. The van der Waals surface area contributed by atoms with E-state index < -0.39 is 0 Å². The number of nitrogens with zero attached hydrogens (tertiary/aromatic N) is 1. The molecule has 0 bridgehead atoms. The molecule has 0 heterocycles. The number of anilines is 2.